The lowest BCUT2D eigenvalue weighted by molar-refractivity contribution is 0.0916. The van der Waals surface area contributed by atoms with Crippen LogP contribution in [-0.2, 0) is 5.54 Å². The Balaban J connectivity index is 1.96. The fraction of sp³-hybridized carbons (Fsp3) is 0.474. The Kier molecular flexibility index (Phi) is 5.85. The third kappa shape index (κ3) is 5.32. The molecule has 0 fully saturated rings. The molecule has 1 aromatic carbocycles. The Bertz CT molecular complexity index is 717. The normalized spacial score (nSPS) is 12.9. The number of hydrogen-bond acceptors (Lipinski definition) is 4. The first-order valence-corrected chi connectivity index (χ1v) is 8.45. The van der Waals surface area contributed by atoms with Crippen LogP contribution in [0.4, 0.5) is 0 Å². The molecular formula is C19H27N3O3. The molecule has 1 unspecified atom stereocenters. The number of aliphatic hydroxyl groups is 1. The van der Waals surface area contributed by atoms with Crippen molar-refractivity contribution in [3.8, 4) is 5.75 Å². The van der Waals surface area contributed by atoms with Crippen molar-refractivity contribution >= 4 is 5.91 Å². The standard InChI is InChI=1S/C19H27N3O3/c1-13(2)25-16-8-6-7-14(9-16)17(23)11-20-18(24)15-10-21-22(12-15)19(3,4)5/h6-10,12-13,17,23H,11H2,1-5H3,(H,20,24). The van der Waals surface area contributed by atoms with Gasteiger partial charge in [0.15, 0.2) is 0 Å². The summed E-state index contributed by atoms with van der Waals surface area (Å²) in [5.41, 5.74) is 0.984. The molecule has 0 aliphatic heterocycles. The molecule has 0 spiro atoms. The number of aliphatic hydroxyl groups excluding tert-OH is 1. The quantitative estimate of drug-likeness (QED) is 0.844. The van der Waals surface area contributed by atoms with Crippen LogP contribution in [0.15, 0.2) is 36.7 Å². The van der Waals surface area contributed by atoms with Crippen LogP contribution in [0.25, 0.3) is 0 Å². The number of benzene rings is 1. The molecule has 136 valence electrons. The zero-order chi connectivity index (χ0) is 18.6. The largest absolute Gasteiger partial charge is 0.491 e. The first kappa shape index (κ1) is 19.0. The summed E-state index contributed by atoms with van der Waals surface area (Å²) >= 11 is 0. The van der Waals surface area contributed by atoms with Crippen molar-refractivity contribution in [2.24, 2.45) is 0 Å². The smallest absolute Gasteiger partial charge is 0.254 e. The van der Waals surface area contributed by atoms with Gasteiger partial charge in [0.1, 0.15) is 5.75 Å². The van der Waals surface area contributed by atoms with Gasteiger partial charge in [-0.3, -0.25) is 9.48 Å². The van der Waals surface area contributed by atoms with Gasteiger partial charge < -0.3 is 15.2 Å². The number of ether oxygens (including phenoxy) is 1. The van der Waals surface area contributed by atoms with Crippen LogP contribution < -0.4 is 10.1 Å². The van der Waals surface area contributed by atoms with Gasteiger partial charge in [0.2, 0.25) is 0 Å². The summed E-state index contributed by atoms with van der Waals surface area (Å²) in [5, 5.41) is 17.3. The summed E-state index contributed by atoms with van der Waals surface area (Å²) < 4.78 is 7.37. The molecule has 25 heavy (non-hydrogen) atoms. The summed E-state index contributed by atoms with van der Waals surface area (Å²) in [6, 6.07) is 7.26. The lowest BCUT2D eigenvalue weighted by Gasteiger charge is -2.18. The Morgan fingerprint density at radius 1 is 1.36 bits per heavy atom. The van der Waals surface area contributed by atoms with Gasteiger partial charge in [0.05, 0.1) is 29.5 Å². The Hall–Kier alpha value is -2.34. The van der Waals surface area contributed by atoms with E-state index in [-0.39, 0.29) is 24.1 Å². The minimum Gasteiger partial charge on any atom is -0.491 e. The highest BCUT2D eigenvalue weighted by Crippen LogP contribution is 2.20. The van der Waals surface area contributed by atoms with E-state index in [0.29, 0.717) is 16.9 Å². The highest BCUT2D eigenvalue weighted by Gasteiger charge is 2.17. The number of rotatable bonds is 6. The number of carbonyl (C=O) groups excluding carboxylic acids is 1. The predicted molar refractivity (Wildman–Crippen MR) is 96.7 cm³/mol. The van der Waals surface area contributed by atoms with Crippen molar-refractivity contribution in [1.29, 1.82) is 0 Å². The molecule has 0 radical (unpaired) electrons. The second-order valence-electron chi connectivity index (χ2n) is 7.31. The minimum absolute atomic E-state index is 0.0615. The maximum absolute atomic E-state index is 12.2. The highest BCUT2D eigenvalue weighted by atomic mass is 16.5. The van der Waals surface area contributed by atoms with Gasteiger partial charge in [0.25, 0.3) is 5.91 Å². The number of hydrogen-bond donors (Lipinski definition) is 2. The molecule has 1 aromatic heterocycles. The first-order valence-electron chi connectivity index (χ1n) is 8.45. The Morgan fingerprint density at radius 2 is 2.08 bits per heavy atom. The van der Waals surface area contributed by atoms with Gasteiger partial charge in [0, 0.05) is 12.7 Å². The zero-order valence-electron chi connectivity index (χ0n) is 15.5. The average molecular weight is 345 g/mol. The summed E-state index contributed by atoms with van der Waals surface area (Å²) in [5.74, 6) is 0.438. The number of nitrogens with zero attached hydrogens (tertiary/aromatic N) is 2. The number of amides is 1. The Labute approximate surface area is 148 Å². The van der Waals surface area contributed by atoms with Crippen molar-refractivity contribution in [3.63, 3.8) is 0 Å². The van der Waals surface area contributed by atoms with E-state index in [1.165, 1.54) is 6.20 Å². The van der Waals surface area contributed by atoms with Crippen LogP contribution >= 0.6 is 0 Å². The number of carbonyl (C=O) groups is 1. The molecule has 0 aliphatic carbocycles. The molecule has 2 aromatic rings. The molecule has 0 saturated heterocycles. The summed E-state index contributed by atoms with van der Waals surface area (Å²) in [6.45, 7) is 10.0. The lowest BCUT2D eigenvalue weighted by atomic mass is 10.1. The van der Waals surface area contributed by atoms with Crippen LogP contribution in [0.5, 0.6) is 5.75 Å². The monoisotopic (exact) mass is 345 g/mol. The van der Waals surface area contributed by atoms with Crippen molar-refractivity contribution < 1.29 is 14.6 Å². The van der Waals surface area contributed by atoms with E-state index in [0.717, 1.165) is 0 Å². The molecular weight excluding hydrogens is 318 g/mol. The van der Waals surface area contributed by atoms with Crippen molar-refractivity contribution in [3.05, 3.63) is 47.8 Å². The maximum Gasteiger partial charge on any atom is 0.254 e. The number of nitrogens with one attached hydrogen (secondary N) is 1. The van der Waals surface area contributed by atoms with E-state index in [2.05, 4.69) is 10.4 Å². The summed E-state index contributed by atoms with van der Waals surface area (Å²) in [6.07, 6.45) is 2.49. The summed E-state index contributed by atoms with van der Waals surface area (Å²) in [7, 11) is 0. The van der Waals surface area contributed by atoms with E-state index in [4.69, 9.17) is 4.74 Å². The molecule has 1 heterocycles. The predicted octanol–water partition coefficient (Wildman–Crippen LogP) is 2.89. The van der Waals surface area contributed by atoms with Gasteiger partial charge in [-0.2, -0.15) is 5.10 Å². The maximum atomic E-state index is 12.2. The van der Waals surface area contributed by atoms with Gasteiger partial charge in [-0.15, -0.1) is 0 Å². The second kappa shape index (κ2) is 7.70. The summed E-state index contributed by atoms with van der Waals surface area (Å²) in [4.78, 5) is 12.2. The van der Waals surface area contributed by atoms with Crippen LogP contribution in [0.3, 0.4) is 0 Å². The van der Waals surface area contributed by atoms with E-state index < -0.39 is 6.10 Å². The third-order valence-corrected chi connectivity index (χ3v) is 3.60. The third-order valence-electron chi connectivity index (χ3n) is 3.60. The van der Waals surface area contributed by atoms with Crippen LogP contribution in [0.2, 0.25) is 0 Å². The molecule has 0 aliphatic rings. The van der Waals surface area contributed by atoms with Gasteiger partial charge in [-0.05, 0) is 52.3 Å². The molecule has 2 N–H and O–H groups in total. The number of aromatic nitrogens is 2. The fourth-order valence-electron chi connectivity index (χ4n) is 2.28. The fourth-order valence-corrected chi connectivity index (χ4v) is 2.28. The molecule has 0 saturated carbocycles. The van der Waals surface area contributed by atoms with Crippen LogP contribution in [-0.4, -0.2) is 33.4 Å². The van der Waals surface area contributed by atoms with Gasteiger partial charge in [-0.1, -0.05) is 12.1 Å². The van der Waals surface area contributed by atoms with Crippen molar-refractivity contribution in [2.75, 3.05) is 6.54 Å². The highest BCUT2D eigenvalue weighted by molar-refractivity contribution is 5.93. The van der Waals surface area contributed by atoms with Crippen molar-refractivity contribution in [2.45, 2.75) is 52.4 Å². The molecule has 6 heteroatoms. The van der Waals surface area contributed by atoms with Gasteiger partial charge in [-0.25, -0.2) is 0 Å². The van der Waals surface area contributed by atoms with Crippen LogP contribution in [0, 0.1) is 0 Å². The molecule has 1 amide bonds. The Morgan fingerprint density at radius 3 is 2.68 bits per heavy atom. The second-order valence-corrected chi connectivity index (χ2v) is 7.31. The van der Waals surface area contributed by atoms with E-state index in [1.54, 1.807) is 16.9 Å². The molecule has 1 atom stereocenters. The zero-order valence-corrected chi connectivity index (χ0v) is 15.5. The van der Waals surface area contributed by atoms with Crippen molar-refractivity contribution in [1.82, 2.24) is 15.1 Å². The van der Waals surface area contributed by atoms with E-state index in [1.807, 2.05) is 52.8 Å². The molecule has 6 nitrogen and oxygen atoms in total. The van der Waals surface area contributed by atoms with Gasteiger partial charge >= 0.3 is 0 Å². The van der Waals surface area contributed by atoms with Crippen LogP contribution in [0.1, 0.15) is 56.6 Å². The topological polar surface area (TPSA) is 76.4 Å². The van der Waals surface area contributed by atoms with E-state index in [9.17, 15) is 9.90 Å². The first-order chi connectivity index (χ1) is 11.7. The SMILES string of the molecule is CC(C)Oc1cccc(C(O)CNC(=O)c2cnn(C(C)(C)C)c2)c1. The molecule has 0 bridgehead atoms. The molecule has 2 rings (SSSR count). The average Bonchev–Trinajstić information content (AvgIpc) is 3.02. The lowest BCUT2D eigenvalue weighted by Crippen LogP contribution is -2.28. The van der Waals surface area contributed by atoms with E-state index >= 15 is 0 Å². The minimum atomic E-state index is -0.808.